The van der Waals surface area contributed by atoms with Crippen molar-refractivity contribution in [2.24, 2.45) is 0 Å². The Labute approximate surface area is 222 Å². The molecule has 0 saturated heterocycles. The summed E-state index contributed by atoms with van der Waals surface area (Å²) in [6.07, 6.45) is 6.56. The summed E-state index contributed by atoms with van der Waals surface area (Å²) in [4.78, 5) is 0.798. The van der Waals surface area contributed by atoms with Gasteiger partial charge in [-0.05, 0) is 54.5 Å². The van der Waals surface area contributed by atoms with Gasteiger partial charge >= 0.3 is 0 Å². The maximum absolute atomic E-state index is 6.20. The van der Waals surface area contributed by atoms with Crippen molar-refractivity contribution < 1.29 is 0 Å². The molecule has 0 saturated carbocycles. The summed E-state index contributed by atoms with van der Waals surface area (Å²) >= 11 is 12.3. The Morgan fingerprint density at radius 1 is 0.861 bits per heavy atom. The molecule has 2 aromatic heterocycles. The zero-order valence-electron chi connectivity index (χ0n) is 20.1. The summed E-state index contributed by atoms with van der Waals surface area (Å²) in [5.74, 6) is 0. The second-order valence-electron chi connectivity index (χ2n) is 9.38. The normalized spacial score (nSPS) is 13.0. The molecule has 0 aliphatic carbocycles. The maximum atomic E-state index is 6.20. The van der Waals surface area contributed by atoms with E-state index in [1.165, 1.54) is 39.2 Å². The van der Waals surface area contributed by atoms with Gasteiger partial charge in [0.25, 0.3) is 0 Å². The molecule has 0 atom stereocenters. The van der Waals surface area contributed by atoms with E-state index in [9.17, 15) is 0 Å². The van der Waals surface area contributed by atoms with Gasteiger partial charge < -0.3 is 9.88 Å². The Morgan fingerprint density at radius 3 is 2.33 bits per heavy atom. The van der Waals surface area contributed by atoms with Crippen LogP contribution in [0.5, 0.6) is 0 Å². The highest BCUT2D eigenvalue weighted by molar-refractivity contribution is 7.80. The Bertz CT molecular complexity index is 1520. The smallest absolute Gasteiger partial charge is 0.124 e. The van der Waals surface area contributed by atoms with Gasteiger partial charge in [0.15, 0.2) is 0 Å². The van der Waals surface area contributed by atoms with E-state index in [0.29, 0.717) is 0 Å². The first-order valence-corrected chi connectivity index (χ1v) is 13.4. The van der Waals surface area contributed by atoms with Gasteiger partial charge in [-0.15, -0.1) is 0 Å². The lowest BCUT2D eigenvalue weighted by atomic mass is 9.98. The Kier molecular flexibility index (Phi) is 6.39. The highest BCUT2D eigenvalue weighted by atomic mass is 35.5. The summed E-state index contributed by atoms with van der Waals surface area (Å²) in [6, 6.07) is 29.4. The summed E-state index contributed by atoms with van der Waals surface area (Å²) in [6.45, 7) is 1.79. The van der Waals surface area contributed by atoms with Gasteiger partial charge in [0.2, 0.25) is 0 Å². The van der Waals surface area contributed by atoms with Crippen LogP contribution in [0.25, 0.3) is 28.0 Å². The van der Waals surface area contributed by atoms with Crippen LogP contribution in [0.1, 0.15) is 29.7 Å². The number of thiocarbonyl (C=S) groups is 1. The largest absolute Gasteiger partial charge is 0.374 e. The van der Waals surface area contributed by atoms with Gasteiger partial charge in [0, 0.05) is 35.4 Å². The van der Waals surface area contributed by atoms with E-state index >= 15 is 0 Å². The second kappa shape index (κ2) is 9.96. The van der Waals surface area contributed by atoms with Crippen molar-refractivity contribution in [3.8, 4) is 22.4 Å². The lowest BCUT2D eigenvalue weighted by Gasteiger charge is -2.12. The number of rotatable bonds is 6. The van der Waals surface area contributed by atoms with Crippen LogP contribution in [0.4, 0.5) is 0 Å². The van der Waals surface area contributed by atoms with E-state index in [-0.39, 0.29) is 0 Å². The summed E-state index contributed by atoms with van der Waals surface area (Å²) in [7, 11) is 0. The first kappa shape index (κ1) is 23.1. The molecule has 0 bridgehead atoms. The highest BCUT2D eigenvalue weighted by Gasteiger charge is 2.28. The average Bonchev–Trinajstić information content (AvgIpc) is 3.33. The molecule has 5 heteroatoms. The van der Waals surface area contributed by atoms with Crippen LogP contribution in [0, 0.1) is 0 Å². The molecule has 5 aromatic rings. The van der Waals surface area contributed by atoms with E-state index < -0.39 is 0 Å². The Hall–Kier alpha value is -3.34. The SMILES string of the molecule is S=C(NCCc1ccccc1)c1c(-c2ccccc2)c2c3n(c(-c4ccc(Cl)cc4)cn13)CCCC2. The number of nitrogens with one attached hydrogen (secondary N) is 1. The van der Waals surface area contributed by atoms with E-state index in [1.54, 1.807) is 0 Å². The van der Waals surface area contributed by atoms with Gasteiger partial charge in [-0.25, -0.2) is 0 Å². The van der Waals surface area contributed by atoms with Crippen LogP contribution in [0.3, 0.4) is 0 Å². The Morgan fingerprint density at radius 2 is 1.58 bits per heavy atom. The number of benzene rings is 3. The van der Waals surface area contributed by atoms with Crippen LogP contribution in [-0.4, -0.2) is 20.5 Å². The number of imidazole rings is 1. The highest BCUT2D eigenvalue weighted by Crippen LogP contribution is 2.39. The minimum atomic E-state index is 0.754. The summed E-state index contributed by atoms with van der Waals surface area (Å²) < 4.78 is 4.82. The molecule has 3 heterocycles. The molecule has 36 heavy (non-hydrogen) atoms. The fourth-order valence-electron chi connectivity index (χ4n) is 5.42. The molecule has 0 radical (unpaired) electrons. The Balaban J connectivity index is 1.48. The van der Waals surface area contributed by atoms with Crippen molar-refractivity contribution in [2.75, 3.05) is 6.54 Å². The van der Waals surface area contributed by atoms with Crippen molar-refractivity contribution in [3.63, 3.8) is 0 Å². The van der Waals surface area contributed by atoms with Gasteiger partial charge in [-0.2, -0.15) is 0 Å². The minimum absolute atomic E-state index is 0.754. The number of nitrogens with zero attached hydrogens (tertiary/aromatic N) is 2. The quantitative estimate of drug-likeness (QED) is 0.238. The number of hydrogen-bond donors (Lipinski definition) is 1. The second-order valence-corrected chi connectivity index (χ2v) is 10.2. The zero-order chi connectivity index (χ0) is 24.5. The van der Waals surface area contributed by atoms with Gasteiger partial charge in [-0.1, -0.05) is 96.6 Å². The standard InChI is InChI=1S/C31H28ClN3S/c32-25-16-14-23(15-17-25)27-21-35-29(30(36)33-19-18-22-9-3-1-4-10-22)28(24-11-5-2-6-12-24)26-13-7-8-20-34(27)31(26)35/h1-6,9-12,14-17,21H,7-8,13,18-20H2,(H,33,36). The third-order valence-electron chi connectivity index (χ3n) is 7.09. The number of hydrogen-bond acceptors (Lipinski definition) is 1. The van der Waals surface area contributed by atoms with Gasteiger partial charge in [0.1, 0.15) is 10.6 Å². The van der Waals surface area contributed by atoms with Crippen LogP contribution in [0.2, 0.25) is 5.02 Å². The fraction of sp³-hybridized carbons (Fsp3) is 0.194. The lowest BCUT2D eigenvalue weighted by molar-refractivity contribution is 0.647. The monoisotopic (exact) mass is 509 g/mol. The van der Waals surface area contributed by atoms with E-state index in [2.05, 4.69) is 93.3 Å². The van der Waals surface area contributed by atoms with E-state index in [0.717, 1.165) is 54.5 Å². The first-order valence-electron chi connectivity index (χ1n) is 12.6. The molecule has 6 rings (SSSR count). The average molecular weight is 510 g/mol. The van der Waals surface area contributed by atoms with Crippen molar-refractivity contribution in [1.29, 1.82) is 0 Å². The van der Waals surface area contributed by atoms with Crippen LogP contribution in [-0.2, 0) is 19.4 Å². The van der Waals surface area contributed by atoms with Crippen molar-refractivity contribution in [1.82, 2.24) is 14.3 Å². The van der Waals surface area contributed by atoms with E-state index in [1.807, 2.05) is 12.1 Å². The third-order valence-corrected chi connectivity index (χ3v) is 7.68. The molecular formula is C31H28ClN3S. The molecule has 3 aromatic carbocycles. The third kappa shape index (κ3) is 4.25. The molecule has 0 unspecified atom stereocenters. The van der Waals surface area contributed by atoms with Crippen molar-refractivity contribution in [3.05, 3.63) is 113 Å². The molecule has 1 aliphatic heterocycles. The zero-order valence-corrected chi connectivity index (χ0v) is 21.7. The number of aryl methyl sites for hydroxylation is 2. The lowest BCUT2D eigenvalue weighted by Crippen LogP contribution is -2.26. The molecule has 0 spiro atoms. The summed E-state index contributed by atoms with van der Waals surface area (Å²) in [5.41, 5.74) is 9.91. The first-order chi connectivity index (χ1) is 17.7. The maximum Gasteiger partial charge on any atom is 0.124 e. The molecule has 3 nitrogen and oxygen atoms in total. The van der Waals surface area contributed by atoms with Crippen LogP contribution < -0.4 is 5.32 Å². The van der Waals surface area contributed by atoms with Crippen LogP contribution >= 0.6 is 23.8 Å². The molecule has 0 amide bonds. The molecule has 1 aliphatic rings. The van der Waals surface area contributed by atoms with Gasteiger partial charge in [-0.3, -0.25) is 4.40 Å². The summed E-state index contributed by atoms with van der Waals surface area (Å²) in [5, 5.41) is 4.34. The molecule has 1 N–H and O–H groups in total. The van der Waals surface area contributed by atoms with Crippen LogP contribution in [0.15, 0.2) is 91.1 Å². The van der Waals surface area contributed by atoms with E-state index in [4.69, 9.17) is 23.8 Å². The number of halogens is 1. The molecular weight excluding hydrogens is 482 g/mol. The topological polar surface area (TPSA) is 21.4 Å². The molecule has 180 valence electrons. The minimum Gasteiger partial charge on any atom is -0.374 e. The van der Waals surface area contributed by atoms with Crippen molar-refractivity contribution >= 4 is 34.5 Å². The fourth-order valence-corrected chi connectivity index (χ4v) is 5.85. The van der Waals surface area contributed by atoms with Gasteiger partial charge in [0.05, 0.1) is 11.4 Å². The number of aromatic nitrogens is 2. The van der Waals surface area contributed by atoms with Crippen molar-refractivity contribution in [2.45, 2.75) is 32.2 Å². The molecule has 0 fully saturated rings. The predicted molar refractivity (Wildman–Crippen MR) is 154 cm³/mol. The predicted octanol–water partition coefficient (Wildman–Crippen LogP) is 7.57.